The van der Waals surface area contributed by atoms with Gasteiger partial charge in [-0.25, -0.2) is 4.79 Å². The number of nitrogens with zero attached hydrogens (tertiary/aromatic N) is 2. The first-order chi connectivity index (χ1) is 11.1. The van der Waals surface area contributed by atoms with Crippen LogP contribution in [0.15, 0.2) is 24.3 Å². The van der Waals surface area contributed by atoms with Crippen molar-refractivity contribution in [2.75, 3.05) is 44.6 Å². The first kappa shape index (κ1) is 17.3. The number of carbonyl (C=O) groups excluding carboxylic acids is 2. The minimum Gasteiger partial charge on any atom is -0.355 e. The molecule has 0 radical (unpaired) electrons. The van der Waals surface area contributed by atoms with Crippen molar-refractivity contribution in [1.29, 1.82) is 0 Å². The molecule has 0 aliphatic carbocycles. The van der Waals surface area contributed by atoms with Crippen LogP contribution in [0.25, 0.3) is 0 Å². The molecule has 2 N–H and O–H groups in total. The number of piperazine rings is 1. The van der Waals surface area contributed by atoms with Crippen molar-refractivity contribution in [2.24, 2.45) is 0 Å². The van der Waals surface area contributed by atoms with E-state index in [0.717, 1.165) is 37.3 Å². The summed E-state index contributed by atoms with van der Waals surface area (Å²) >= 11 is 0. The molecule has 126 valence electrons. The predicted octanol–water partition coefficient (Wildman–Crippen LogP) is 1.67. The van der Waals surface area contributed by atoms with E-state index in [1.165, 1.54) is 0 Å². The third kappa shape index (κ3) is 5.56. The molecule has 0 unspecified atom stereocenters. The van der Waals surface area contributed by atoms with E-state index in [-0.39, 0.29) is 11.9 Å². The molecule has 1 fully saturated rings. The summed E-state index contributed by atoms with van der Waals surface area (Å²) in [7, 11) is 0. The Kier molecular flexibility index (Phi) is 6.40. The highest BCUT2D eigenvalue weighted by Gasteiger charge is 2.22. The Morgan fingerprint density at radius 3 is 2.57 bits per heavy atom. The molecule has 6 nitrogen and oxygen atoms in total. The maximum Gasteiger partial charge on any atom is 0.321 e. The lowest BCUT2D eigenvalue weighted by atomic mass is 10.2. The minimum absolute atomic E-state index is 0.0597. The van der Waals surface area contributed by atoms with Crippen LogP contribution in [0.3, 0.4) is 0 Å². The fourth-order valence-electron chi connectivity index (χ4n) is 2.56. The zero-order valence-corrected chi connectivity index (χ0v) is 14.0. The molecule has 1 aliphatic rings. The number of urea groups is 1. The molecule has 0 spiro atoms. The molecular weight excluding hydrogens is 292 g/mol. The van der Waals surface area contributed by atoms with Gasteiger partial charge >= 0.3 is 6.03 Å². The quantitative estimate of drug-likeness (QED) is 0.868. The molecular formula is C17H26N4O2. The van der Waals surface area contributed by atoms with Crippen molar-refractivity contribution < 1.29 is 9.59 Å². The Hall–Kier alpha value is -2.08. The van der Waals surface area contributed by atoms with Gasteiger partial charge in [-0.3, -0.25) is 9.69 Å². The number of hydrogen-bond donors (Lipinski definition) is 2. The highest BCUT2D eigenvalue weighted by Crippen LogP contribution is 2.11. The van der Waals surface area contributed by atoms with Crippen molar-refractivity contribution in [3.8, 4) is 0 Å². The average Bonchev–Trinajstić information content (AvgIpc) is 2.53. The van der Waals surface area contributed by atoms with Gasteiger partial charge in [-0.05, 0) is 31.0 Å². The third-order valence-electron chi connectivity index (χ3n) is 3.87. The fourth-order valence-corrected chi connectivity index (χ4v) is 2.56. The molecule has 1 aliphatic heterocycles. The van der Waals surface area contributed by atoms with Crippen LogP contribution in [0.5, 0.6) is 0 Å². The average molecular weight is 318 g/mol. The van der Waals surface area contributed by atoms with Crippen molar-refractivity contribution in [3.63, 3.8) is 0 Å². The lowest BCUT2D eigenvalue weighted by Gasteiger charge is -2.34. The second kappa shape index (κ2) is 8.53. The Labute approximate surface area is 137 Å². The Morgan fingerprint density at radius 2 is 1.91 bits per heavy atom. The second-order valence-electron chi connectivity index (χ2n) is 5.91. The van der Waals surface area contributed by atoms with Crippen molar-refractivity contribution >= 4 is 17.6 Å². The first-order valence-electron chi connectivity index (χ1n) is 8.20. The minimum atomic E-state index is -0.0781. The normalized spacial score (nSPS) is 15.3. The van der Waals surface area contributed by atoms with Crippen LogP contribution in [0.2, 0.25) is 0 Å². The Morgan fingerprint density at radius 1 is 1.17 bits per heavy atom. The molecule has 0 bridgehead atoms. The maximum atomic E-state index is 12.3. The number of carbonyl (C=O) groups is 2. The molecule has 2 rings (SSSR count). The van der Waals surface area contributed by atoms with E-state index in [1.807, 2.05) is 38.1 Å². The van der Waals surface area contributed by atoms with Crippen molar-refractivity contribution in [1.82, 2.24) is 15.1 Å². The number of rotatable bonds is 5. The van der Waals surface area contributed by atoms with Crippen LogP contribution >= 0.6 is 0 Å². The van der Waals surface area contributed by atoms with Gasteiger partial charge in [0.1, 0.15) is 0 Å². The summed E-state index contributed by atoms with van der Waals surface area (Å²) in [4.78, 5) is 27.9. The third-order valence-corrected chi connectivity index (χ3v) is 3.87. The van der Waals surface area contributed by atoms with E-state index >= 15 is 0 Å². The molecule has 23 heavy (non-hydrogen) atoms. The predicted molar refractivity (Wildman–Crippen MR) is 91.5 cm³/mol. The molecule has 0 saturated carbocycles. The largest absolute Gasteiger partial charge is 0.355 e. The number of amides is 3. The summed E-state index contributed by atoms with van der Waals surface area (Å²) < 4.78 is 0. The summed E-state index contributed by atoms with van der Waals surface area (Å²) in [6.07, 6.45) is 0.943. The topological polar surface area (TPSA) is 64.7 Å². The van der Waals surface area contributed by atoms with Crippen LogP contribution in [-0.4, -0.2) is 61.0 Å². The molecule has 1 aromatic carbocycles. The molecule has 0 atom stereocenters. The van der Waals surface area contributed by atoms with E-state index in [9.17, 15) is 9.59 Å². The highest BCUT2D eigenvalue weighted by molar-refractivity contribution is 5.89. The van der Waals surface area contributed by atoms with Crippen LogP contribution < -0.4 is 10.6 Å². The standard InChI is InChI=1S/C17H26N4O2/c1-3-7-18-16(22)13-20-8-10-21(11-9-20)17(23)19-15-6-4-5-14(2)12-15/h4-6,12H,3,7-11,13H2,1-2H3,(H,18,22)(H,19,23). The SMILES string of the molecule is CCCNC(=O)CN1CCN(C(=O)Nc2cccc(C)c2)CC1. The van der Waals surface area contributed by atoms with Gasteiger partial charge in [-0.15, -0.1) is 0 Å². The van der Waals surface area contributed by atoms with Gasteiger partial charge in [0.2, 0.25) is 5.91 Å². The highest BCUT2D eigenvalue weighted by atomic mass is 16.2. The zero-order valence-electron chi connectivity index (χ0n) is 14.0. The van der Waals surface area contributed by atoms with E-state index < -0.39 is 0 Å². The van der Waals surface area contributed by atoms with Crippen LogP contribution in [-0.2, 0) is 4.79 Å². The molecule has 6 heteroatoms. The summed E-state index contributed by atoms with van der Waals surface area (Å²) in [5, 5.41) is 5.80. The maximum absolute atomic E-state index is 12.3. The number of hydrogen-bond acceptors (Lipinski definition) is 3. The number of aryl methyl sites for hydroxylation is 1. The van der Waals surface area contributed by atoms with Gasteiger partial charge in [0.15, 0.2) is 0 Å². The summed E-state index contributed by atoms with van der Waals surface area (Å²) in [5.41, 5.74) is 1.93. The van der Waals surface area contributed by atoms with Gasteiger partial charge in [0.05, 0.1) is 6.54 Å². The smallest absolute Gasteiger partial charge is 0.321 e. The molecule has 1 aromatic rings. The fraction of sp³-hybridized carbons (Fsp3) is 0.529. The lowest BCUT2D eigenvalue weighted by Crippen LogP contribution is -2.52. The monoisotopic (exact) mass is 318 g/mol. The summed E-state index contributed by atoms with van der Waals surface area (Å²) in [6.45, 7) is 7.88. The second-order valence-corrected chi connectivity index (χ2v) is 5.91. The van der Waals surface area contributed by atoms with Gasteiger partial charge in [-0.2, -0.15) is 0 Å². The van der Waals surface area contributed by atoms with Crippen molar-refractivity contribution in [3.05, 3.63) is 29.8 Å². The summed E-state index contributed by atoms with van der Waals surface area (Å²) in [6, 6.07) is 7.69. The number of nitrogens with one attached hydrogen (secondary N) is 2. The van der Waals surface area contributed by atoms with Gasteiger partial charge in [-0.1, -0.05) is 19.1 Å². The molecule has 1 heterocycles. The molecule has 0 aromatic heterocycles. The van der Waals surface area contributed by atoms with Gasteiger partial charge in [0, 0.05) is 38.4 Å². The molecule has 1 saturated heterocycles. The lowest BCUT2D eigenvalue weighted by molar-refractivity contribution is -0.122. The van der Waals surface area contributed by atoms with E-state index in [0.29, 0.717) is 19.6 Å². The number of anilines is 1. The van der Waals surface area contributed by atoms with Crippen LogP contribution in [0.1, 0.15) is 18.9 Å². The first-order valence-corrected chi connectivity index (χ1v) is 8.20. The van der Waals surface area contributed by atoms with Crippen LogP contribution in [0.4, 0.5) is 10.5 Å². The van der Waals surface area contributed by atoms with Gasteiger partial charge < -0.3 is 15.5 Å². The Bertz CT molecular complexity index is 539. The Balaban J connectivity index is 1.75. The van der Waals surface area contributed by atoms with Crippen LogP contribution in [0, 0.1) is 6.92 Å². The van der Waals surface area contributed by atoms with E-state index in [1.54, 1.807) is 4.90 Å². The molecule has 3 amide bonds. The zero-order chi connectivity index (χ0) is 16.7. The van der Waals surface area contributed by atoms with Gasteiger partial charge in [0.25, 0.3) is 0 Å². The summed E-state index contributed by atoms with van der Waals surface area (Å²) in [5.74, 6) is 0.0597. The number of benzene rings is 1. The van der Waals surface area contributed by atoms with E-state index in [2.05, 4.69) is 15.5 Å². The van der Waals surface area contributed by atoms with E-state index in [4.69, 9.17) is 0 Å². The van der Waals surface area contributed by atoms with Crippen molar-refractivity contribution in [2.45, 2.75) is 20.3 Å².